The molecule has 0 bridgehead atoms. The summed E-state index contributed by atoms with van der Waals surface area (Å²) in [5, 5.41) is 6.25. The summed E-state index contributed by atoms with van der Waals surface area (Å²) >= 11 is 1.66. The molecule has 1 aromatic heterocycles. The minimum Gasteiger partial charge on any atom is -0.348 e. The molecule has 3 atom stereocenters. The Morgan fingerprint density at radius 1 is 1.52 bits per heavy atom. The second-order valence-corrected chi connectivity index (χ2v) is 6.23. The van der Waals surface area contributed by atoms with Gasteiger partial charge in [-0.2, -0.15) is 0 Å². The van der Waals surface area contributed by atoms with Crippen LogP contribution in [0.4, 0.5) is 0 Å². The number of hydrogen-bond acceptors (Lipinski definition) is 4. The average molecular weight is 354 g/mol. The molecule has 1 unspecified atom stereocenters. The molecular formula is C14H25Cl2N3OS. The molecule has 0 saturated heterocycles. The van der Waals surface area contributed by atoms with Crippen molar-refractivity contribution in [3.05, 3.63) is 16.1 Å². The second kappa shape index (κ2) is 9.62. The predicted octanol–water partition coefficient (Wildman–Crippen LogP) is 3.10. The van der Waals surface area contributed by atoms with Gasteiger partial charge < -0.3 is 11.1 Å². The van der Waals surface area contributed by atoms with Crippen molar-refractivity contribution in [3.8, 4) is 0 Å². The first-order chi connectivity index (χ1) is 9.15. The molecule has 7 heteroatoms. The lowest BCUT2D eigenvalue weighted by molar-refractivity contribution is -0.126. The Bertz CT molecular complexity index is 442. The zero-order valence-electron chi connectivity index (χ0n) is 12.5. The third kappa shape index (κ3) is 5.09. The fourth-order valence-electron chi connectivity index (χ4n) is 2.74. The summed E-state index contributed by atoms with van der Waals surface area (Å²) in [5.41, 5.74) is 6.70. The summed E-state index contributed by atoms with van der Waals surface area (Å²) in [6.07, 6.45) is 4.12. The van der Waals surface area contributed by atoms with Gasteiger partial charge in [-0.15, -0.1) is 36.2 Å². The van der Waals surface area contributed by atoms with Crippen molar-refractivity contribution in [2.45, 2.75) is 45.6 Å². The number of nitrogens with two attached hydrogens (primary N) is 1. The van der Waals surface area contributed by atoms with E-state index in [0.717, 1.165) is 36.4 Å². The van der Waals surface area contributed by atoms with Crippen LogP contribution in [0.1, 0.15) is 49.9 Å². The summed E-state index contributed by atoms with van der Waals surface area (Å²) < 4.78 is 0. The predicted molar refractivity (Wildman–Crippen MR) is 92.4 cm³/mol. The molecule has 122 valence electrons. The van der Waals surface area contributed by atoms with Crippen LogP contribution in [-0.4, -0.2) is 17.4 Å². The molecule has 1 fully saturated rings. The molecule has 1 amide bonds. The molecule has 0 aliphatic heterocycles. The van der Waals surface area contributed by atoms with E-state index in [-0.39, 0.29) is 42.7 Å². The van der Waals surface area contributed by atoms with Crippen molar-refractivity contribution in [2.75, 3.05) is 6.54 Å². The highest BCUT2D eigenvalue weighted by atomic mass is 35.5. The molecule has 1 aliphatic rings. The Morgan fingerprint density at radius 3 is 2.81 bits per heavy atom. The van der Waals surface area contributed by atoms with Crippen LogP contribution in [-0.2, 0) is 11.2 Å². The number of carbonyl (C=O) groups is 1. The first kappa shape index (κ1) is 20.6. The summed E-state index contributed by atoms with van der Waals surface area (Å²) in [4.78, 5) is 16.8. The van der Waals surface area contributed by atoms with Gasteiger partial charge in [0.2, 0.25) is 5.91 Å². The molecule has 0 radical (unpaired) electrons. The molecule has 4 nitrogen and oxygen atoms in total. The lowest BCUT2D eigenvalue weighted by Gasteiger charge is -2.20. The quantitative estimate of drug-likeness (QED) is 0.854. The first-order valence-corrected chi connectivity index (χ1v) is 7.98. The van der Waals surface area contributed by atoms with Gasteiger partial charge in [0, 0.05) is 11.3 Å². The Balaban J connectivity index is 0.00000200. The summed E-state index contributed by atoms with van der Waals surface area (Å²) in [6, 6.07) is -0.0110. The molecule has 0 aromatic carbocycles. The van der Waals surface area contributed by atoms with E-state index in [1.165, 1.54) is 0 Å². The van der Waals surface area contributed by atoms with E-state index in [2.05, 4.69) is 17.2 Å². The minimum atomic E-state index is -0.0110. The van der Waals surface area contributed by atoms with Crippen LogP contribution < -0.4 is 11.1 Å². The Labute approximate surface area is 143 Å². The number of halogens is 2. The third-order valence-corrected chi connectivity index (χ3v) is 4.98. The van der Waals surface area contributed by atoms with E-state index in [9.17, 15) is 4.79 Å². The largest absolute Gasteiger partial charge is 0.348 e. The maximum Gasteiger partial charge on any atom is 0.223 e. The Hall–Kier alpha value is -0.360. The Morgan fingerprint density at radius 2 is 2.24 bits per heavy atom. The van der Waals surface area contributed by atoms with Crippen LogP contribution in [0.5, 0.6) is 0 Å². The monoisotopic (exact) mass is 353 g/mol. The van der Waals surface area contributed by atoms with Crippen molar-refractivity contribution < 1.29 is 4.79 Å². The van der Waals surface area contributed by atoms with E-state index >= 15 is 0 Å². The number of hydrogen-bond donors (Lipinski definition) is 2. The molecule has 1 heterocycles. The fraction of sp³-hybridized carbons (Fsp3) is 0.714. The highest BCUT2D eigenvalue weighted by Gasteiger charge is 2.32. The Kier molecular flexibility index (Phi) is 9.45. The van der Waals surface area contributed by atoms with Gasteiger partial charge in [-0.3, -0.25) is 4.79 Å². The number of amides is 1. The minimum absolute atomic E-state index is 0. The maximum atomic E-state index is 12.3. The summed E-state index contributed by atoms with van der Waals surface area (Å²) in [6.45, 7) is 4.71. The number of rotatable bonds is 5. The van der Waals surface area contributed by atoms with Gasteiger partial charge in [0.25, 0.3) is 0 Å². The molecule has 3 N–H and O–H groups in total. The van der Waals surface area contributed by atoms with Crippen molar-refractivity contribution in [3.63, 3.8) is 0 Å². The van der Waals surface area contributed by atoms with E-state index in [1.54, 1.807) is 11.3 Å². The smallest absolute Gasteiger partial charge is 0.223 e. The van der Waals surface area contributed by atoms with Crippen LogP contribution in [0.3, 0.4) is 0 Å². The molecule has 1 aromatic rings. The van der Waals surface area contributed by atoms with E-state index < -0.39 is 0 Å². The molecule has 21 heavy (non-hydrogen) atoms. The topological polar surface area (TPSA) is 68.0 Å². The van der Waals surface area contributed by atoms with E-state index in [4.69, 9.17) is 5.73 Å². The number of aromatic nitrogens is 1. The highest BCUT2D eigenvalue weighted by molar-refractivity contribution is 7.09. The lowest BCUT2D eigenvalue weighted by Crippen LogP contribution is -2.36. The van der Waals surface area contributed by atoms with Gasteiger partial charge in [-0.1, -0.05) is 13.3 Å². The SMILES string of the molecule is CCc1nc(C(C)NC(=O)[C@@H]2CCC[C@@H]2CN)cs1.Cl.Cl. The number of nitrogens with zero attached hydrogens (tertiary/aromatic N) is 1. The number of carbonyl (C=O) groups excluding carboxylic acids is 1. The molecule has 1 aliphatic carbocycles. The third-order valence-electron chi connectivity index (χ3n) is 3.97. The average Bonchev–Trinajstić information content (AvgIpc) is 3.07. The first-order valence-electron chi connectivity index (χ1n) is 7.10. The number of nitrogens with one attached hydrogen (secondary N) is 1. The van der Waals surface area contributed by atoms with Crippen LogP contribution >= 0.6 is 36.2 Å². The van der Waals surface area contributed by atoms with Crippen LogP contribution in [0.15, 0.2) is 5.38 Å². The van der Waals surface area contributed by atoms with Crippen LogP contribution in [0.2, 0.25) is 0 Å². The normalized spacial score (nSPS) is 22.0. The van der Waals surface area contributed by atoms with Crippen molar-refractivity contribution >= 4 is 42.1 Å². The number of aryl methyl sites for hydroxylation is 1. The zero-order chi connectivity index (χ0) is 13.8. The zero-order valence-corrected chi connectivity index (χ0v) is 15.0. The van der Waals surface area contributed by atoms with Crippen LogP contribution in [0, 0.1) is 11.8 Å². The molecule has 1 saturated carbocycles. The fourth-order valence-corrected chi connectivity index (χ4v) is 3.58. The van der Waals surface area contributed by atoms with E-state index in [0.29, 0.717) is 12.5 Å². The standard InChI is InChI=1S/C14H23N3OS.2ClH/c1-3-13-17-12(8-19-13)9(2)16-14(18)11-6-4-5-10(11)7-15;;/h8-11H,3-7,15H2,1-2H3,(H,16,18);2*1H/t9?,10-,11-;;/m1../s1. The van der Waals surface area contributed by atoms with Crippen molar-refractivity contribution in [1.82, 2.24) is 10.3 Å². The van der Waals surface area contributed by atoms with Gasteiger partial charge in [0.05, 0.1) is 16.7 Å². The van der Waals surface area contributed by atoms with Gasteiger partial charge in [0.1, 0.15) is 0 Å². The summed E-state index contributed by atoms with van der Waals surface area (Å²) in [5.74, 6) is 0.595. The van der Waals surface area contributed by atoms with Gasteiger partial charge in [0.15, 0.2) is 0 Å². The molecular weight excluding hydrogens is 329 g/mol. The van der Waals surface area contributed by atoms with Crippen molar-refractivity contribution in [1.29, 1.82) is 0 Å². The molecule has 2 rings (SSSR count). The lowest BCUT2D eigenvalue weighted by atomic mass is 9.95. The summed E-state index contributed by atoms with van der Waals surface area (Å²) in [7, 11) is 0. The number of thiazole rings is 1. The van der Waals surface area contributed by atoms with E-state index in [1.807, 2.05) is 12.3 Å². The second-order valence-electron chi connectivity index (χ2n) is 5.28. The van der Waals surface area contributed by atoms with Gasteiger partial charge >= 0.3 is 0 Å². The van der Waals surface area contributed by atoms with Gasteiger partial charge in [-0.05, 0) is 38.6 Å². The maximum absolute atomic E-state index is 12.3. The van der Waals surface area contributed by atoms with Crippen molar-refractivity contribution in [2.24, 2.45) is 17.6 Å². The van der Waals surface area contributed by atoms with Gasteiger partial charge in [-0.25, -0.2) is 4.98 Å². The van der Waals surface area contributed by atoms with Crippen LogP contribution in [0.25, 0.3) is 0 Å². The highest BCUT2D eigenvalue weighted by Crippen LogP contribution is 2.31. The molecule has 0 spiro atoms.